The molecule has 7 nitrogen and oxygen atoms in total. The fourth-order valence-electron chi connectivity index (χ4n) is 2.87. The second-order valence-electron chi connectivity index (χ2n) is 6.30. The topological polar surface area (TPSA) is 85.1 Å². The Hall–Kier alpha value is -3.89. The number of benzene rings is 1. The minimum atomic E-state index is -4.52. The summed E-state index contributed by atoms with van der Waals surface area (Å²) in [5.41, 5.74) is -0.168. The van der Waals surface area contributed by atoms with Gasteiger partial charge in [-0.25, -0.2) is 4.39 Å². The van der Waals surface area contributed by atoms with Crippen LogP contribution in [0.1, 0.15) is 33.2 Å². The van der Waals surface area contributed by atoms with Crippen LogP contribution in [0.3, 0.4) is 0 Å². The SMILES string of the molecule is O=C(NC(c1ccc(C(F)(F)F)cc1)c1ncccc1F)c1ccc2nnnn2c1. The molecule has 4 aromatic rings. The maximum Gasteiger partial charge on any atom is 0.416 e. The Morgan fingerprint density at radius 1 is 1.07 bits per heavy atom. The van der Waals surface area contributed by atoms with Crippen molar-refractivity contribution in [3.8, 4) is 0 Å². The van der Waals surface area contributed by atoms with Gasteiger partial charge in [0.1, 0.15) is 11.5 Å². The van der Waals surface area contributed by atoms with Crippen molar-refractivity contribution < 1.29 is 22.4 Å². The second kappa shape index (κ2) is 7.50. The molecule has 0 aliphatic rings. The zero-order valence-corrected chi connectivity index (χ0v) is 15.0. The molecule has 11 heteroatoms. The molecule has 1 unspecified atom stereocenters. The molecule has 0 saturated carbocycles. The Balaban J connectivity index is 1.70. The molecule has 1 amide bonds. The molecule has 30 heavy (non-hydrogen) atoms. The Kier molecular flexibility index (Phi) is 4.86. The van der Waals surface area contributed by atoms with Crippen LogP contribution in [0.2, 0.25) is 0 Å². The van der Waals surface area contributed by atoms with Gasteiger partial charge in [0, 0.05) is 12.4 Å². The lowest BCUT2D eigenvalue weighted by molar-refractivity contribution is -0.137. The molecule has 3 aromatic heterocycles. The van der Waals surface area contributed by atoms with Crippen molar-refractivity contribution in [2.45, 2.75) is 12.2 Å². The Bertz CT molecular complexity index is 1210. The van der Waals surface area contributed by atoms with E-state index in [2.05, 4.69) is 25.8 Å². The van der Waals surface area contributed by atoms with E-state index >= 15 is 0 Å². The largest absolute Gasteiger partial charge is 0.416 e. The van der Waals surface area contributed by atoms with Crippen molar-refractivity contribution in [2.24, 2.45) is 0 Å². The smallest absolute Gasteiger partial charge is 0.339 e. The van der Waals surface area contributed by atoms with Gasteiger partial charge in [-0.3, -0.25) is 9.78 Å². The molecule has 0 aliphatic heterocycles. The average Bonchev–Trinajstić information content (AvgIpc) is 3.20. The number of tetrazole rings is 1. The van der Waals surface area contributed by atoms with Gasteiger partial charge < -0.3 is 5.32 Å². The van der Waals surface area contributed by atoms with Crippen molar-refractivity contribution in [1.29, 1.82) is 0 Å². The number of alkyl halides is 3. The number of aromatic nitrogens is 5. The van der Waals surface area contributed by atoms with Crippen LogP contribution in [-0.2, 0) is 6.18 Å². The van der Waals surface area contributed by atoms with Crippen LogP contribution < -0.4 is 5.32 Å². The first-order valence-corrected chi connectivity index (χ1v) is 8.59. The second-order valence-corrected chi connectivity index (χ2v) is 6.30. The first-order valence-electron chi connectivity index (χ1n) is 8.59. The summed E-state index contributed by atoms with van der Waals surface area (Å²) in [7, 11) is 0. The molecule has 0 fully saturated rings. The number of nitrogens with zero attached hydrogens (tertiary/aromatic N) is 5. The lowest BCUT2D eigenvalue weighted by Gasteiger charge is -2.20. The molecular weight excluding hydrogens is 404 g/mol. The number of carbonyl (C=O) groups excluding carboxylic acids is 1. The normalized spacial score (nSPS) is 12.7. The Labute approximate surface area is 166 Å². The summed E-state index contributed by atoms with van der Waals surface area (Å²) >= 11 is 0. The van der Waals surface area contributed by atoms with Crippen molar-refractivity contribution in [3.05, 3.63) is 89.1 Å². The van der Waals surface area contributed by atoms with E-state index in [4.69, 9.17) is 0 Å². The summed E-state index contributed by atoms with van der Waals surface area (Å²) in [6.07, 6.45) is -1.81. The van der Waals surface area contributed by atoms with Gasteiger partial charge in [0.05, 0.1) is 17.2 Å². The fourth-order valence-corrected chi connectivity index (χ4v) is 2.87. The Morgan fingerprint density at radius 3 is 2.53 bits per heavy atom. The summed E-state index contributed by atoms with van der Waals surface area (Å²) in [6.45, 7) is 0. The van der Waals surface area contributed by atoms with Gasteiger partial charge in [-0.05, 0) is 52.4 Å². The van der Waals surface area contributed by atoms with Crippen molar-refractivity contribution in [1.82, 2.24) is 30.3 Å². The van der Waals surface area contributed by atoms with E-state index in [0.29, 0.717) is 5.65 Å². The number of hydrogen-bond acceptors (Lipinski definition) is 5. The van der Waals surface area contributed by atoms with Crippen molar-refractivity contribution in [3.63, 3.8) is 0 Å². The van der Waals surface area contributed by atoms with Gasteiger partial charge in [0.2, 0.25) is 0 Å². The van der Waals surface area contributed by atoms with Crippen molar-refractivity contribution >= 4 is 11.6 Å². The molecule has 3 heterocycles. The zero-order valence-electron chi connectivity index (χ0n) is 15.0. The highest BCUT2D eigenvalue weighted by Gasteiger charge is 2.31. The quantitative estimate of drug-likeness (QED) is 0.517. The maximum atomic E-state index is 14.4. The molecule has 0 saturated heterocycles. The lowest BCUT2D eigenvalue weighted by Crippen LogP contribution is -2.31. The van der Waals surface area contributed by atoms with E-state index in [1.54, 1.807) is 0 Å². The third-order valence-corrected chi connectivity index (χ3v) is 4.36. The first-order chi connectivity index (χ1) is 14.3. The van der Waals surface area contributed by atoms with E-state index in [1.165, 1.54) is 47.2 Å². The standard InChI is InChI=1S/C19H12F4N6O/c20-14-2-1-9-24-17(14)16(11-3-6-13(7-4-11)19(21,22)23)25-18(30)12-5-8-15-26-27-28-29(15)10-12/h1-10,16H,(H,25,30). The number of pyridine rings is 2. The highest BCUT2D eigenvalue weighted by molar-refractivity contribution is 5.94. The van der Waals surface area contributed by atoms with Gasteiger partial charge >= 0.3 is 6.18 Å². The number of halogens is 4. The Morgan fingerprint density at radius 2 is 1.83 bits per heavy atom. The zero-order chi connectivity index (χ0) is 21.3. The van der Waals surface area contributed by atoms with Gasteiger partial charge in [-0.15, -0.1) is 5.10 Å². The first kappa shape index (κ1) is 19.4. The van der Waals surface area contributed by atoms with Gasteiger partial charge in [-0.2, -0.15) is 17.7 Å². The van der Waals surface area contributed by atoms with Gasteiger partial charge in [0.15, 0.2) is 5.65 Å². The monoisotopic (exact) mass is 416 g/mol. The van der Waals surface area contributed by atoms with E-state index in [-0.39, 0.29) is 16.8 Å². The van der Waals surface area contributed by atoms with E-state index in [9.17, 15) is 22.4 Å². The number of fused-ring (bicyclic) bond motifs is 1. The number of nitrogens with one attached hydrogen (secondary N) is 1. The molecule has 1 N–H and O–H groups in total. The predicted molar refractivity (Wildman–Crippen MR) is 95.7 cm³/mol. The van der Waals surface area contributed by atoms with Crippen LogP contribution in [0.5, 0.6) is 0 Å². The maximum absolute atomic E-state index is 14.4. The van der Waals surface area contributed by atoms with Crippen LogP contribution in [-0.4, -0.2) is 30.9 Å². The summed E-state index contributed by atoms with van der Waals surface area (Å²) in [4.78, 5) is 16.7. The highest BCUT2D eigenvalue weighted by atomic mass is 19.4. The molecule has 0 bridgehead atoms. The third kappa shape index (κ3) is 3.81. The minimum absolute atomic E-state index is 0.130. The number of hydrogen-bond donors (Lipinski definition) is 1. The van der Waals surface area contributed by atoms with Gasteiger partial charge in [0.25, 0.3) is 5.91 Å². The summed E-state index contributed by atoms with van der Waals surface area (Å²) < 4.78 is 54.3. The fraction of sp³-hybridized carbons (Fsp3) is 0.105. The van der Waals surface area contributed by atoms with Crippen LogP contribution >= 0.6 is 0 Å². The molecular formula is C19H12F4N6O. The van der Waals surface area contributed by atoms with E-state index in [1.807, 2.05) is 0 Å². The van der Waals surface area contributed by atoms with Crippen molar-refractivity contribution in [2.75, 3.05) is 0 Å². The van der Waals surface area contributed by atoms with E-state index < -0.39 is 29.5 Å². The van der Waals surface area contributed by atoms with E-state index in [0.717, 1.165) is 18.2 Å². The van der Waals surface area contributed by atoms with Crippen LogP contribution in [0.15, 0.2) is 60.9 Å². The molecule has 1 aromatic carbocycles. The number of rotatable bonds is 4. The average molecular weight is 416 g/mol. The molecule has 152 valence electrons. The number of carbonyl (C=O) groups is 1. The predicted octanol–water partition coefficient (Wildman–Crippen LogP) is 3.20. The van der Waals surface area contributed by atoms with Crippen LogP contribution in [0.25, 0.3) is 5.65 Å². The van der Waals surface area contributed by atoms with Gasteiger partial charge in [-0.1, -0.05) is 12.1 Å². The molecule has 0 spiro atoms. The number of amides is 1. The molecule has 4 rings (SSSR count). The third-order valence-electron chi connectivity index (χ3n) is 4.36. The molecule has 0 radical (unpaired) electrons. The summed E-state index contributed by atoms with van der Waals surface area (Å²) in [5.74, 6) is -1.32. The molecule has 0 aliphatic carbocycles. The minimum Gasteiger partial charge on any atom is -0.339 e. The van der Waals surface area contributed by atoms with Crippen LogP contribution in [0, 0.1) is 5.82 Å². The summed E-state index contributed by atoms with van der Waals surface area (Å²) in [5, 5.41) is 13.5. The van der Waals surface area contributed by atoms with Crippen LogP contribution in [0.4, 0.5) is 17.6 Å². The summed E-state index contributed by atoms with van der Waals surface area (Å²) in [6, 6.07) is 8.47. The highest BCUT2D eigenvalue weighted by Crippen LogP contribution is 2.31. The lowest BCUT2D eigenvalue weighted by atomic mass is 10.0. The molecule has 1 atom stereocenters.